The lowest BCUT2D eigenvalue weighted by molar-refractivity contribution is -0.250. The van der Waals surface area contributed by atoms with Gasteiger partial charge in [0.15, 0.2) is 11.4 Å². The molecule has 0 radical (unpaired) electrons. The van der Waals surface area contributed by atoms with Gasteiger partial charge in [0.25, 0.3) is 6.43 Å². The molecule has 1 amide bonds. The summed E-state index contributed by atoms with van der Waals surface area (Å²) in [5.74, 6) is -1.54. The Bertz CT molecular complexity index is 999. The zero-order chi connectivity index (χ0) is 24.4. The Morgan fingerprint density at radius 2 is 2.00 bits per heavy atom. The van der Waals surface area contributed by atoms with Crippen LogP contribution in [-0.4, -0.2) is 35.0 Å². The van der Waals surface area contributed by atoms with Crippen LogP contribution in [0.25, 0.3) is 0 Å². The number of allylic oxidation sites excluding steroid dienone is 2. The highest BCUT2D eigenvalue weighted by molar-refractivity contribution is 6.00. The number of hydrogen-bond acceptors (Lipinski definition) is 5. The molecule has 1 aliphatic heterocycles. The van der Waals surface area contributed by atoms with Crippen molar-refractivity contribution in [3.05, 3.63) is 59.8 Å². The van der Waals surface area contributed by atoms with Crippen molar-refractivity contribution >= 4 is 18.1 Å². The lowest BCUT2D eigenvalue weighted by atomic mass is 9.89. The van der Waals surface area contributed by atoms with Crippen molar-refractivity contribution in [2.45, 2.75) is 44.5 Å². The number of carbonyl (C=O) groups excluding carboxylic acids is 1. The van der Waals surface area contributed by atoms with Crippen molar-refractivity contribution in [2.75, 3.05) is 5.01 Å². The maximum absolute atomic E-state index is 14.4. The third-order valence-corrected chi connectivity index (χ3v) is 5.02. The molecule has 2 unspecified atom stereocenters. The predicted octanol–water partition coefficient (Wildman–Crippen LogP) is 4.94. The molecule has 1 aromatic heterocycles. The van der Waals surface area contributed by atoms with E-state index >= 15 is 0 Å². The van der Waals surface area contributed by atoms with Gasteiger partial charge in [-0.1, -0.05) is 6.08 Å². The van der Waals surface area contributed by atoms with Crippen LogP contribution in [0.2, 0.25) is 0 Å². The fourth-order valence-corrected chi connectivity index (χ4v) is 3.21. The van der Waals surface area contributed by atoms with Gasteiger partial charge in [-0.2, -0.15) is 18.3 Å². The number of alkyl halides is 5. The maximum Gasteiger partial charge on any atom is 0.427 e. The molecule has 2 atom stereocenters. The normalized spacial score (nSPS) is 21.4. The Morgan fingerprint density at radius 1 is 1.27 bits per heavy atom. The zero-order valence-corrected chi connectivity index (χ0v) is 17.5. The van der Waals surface area contributed by atoms with Crippen LogP contribution in [0, 0.1) is 5.92 Å². The first kappa shape index (κ1) is 24.3. The summed E-state index contributed by atoms with van der Waals surface area (Å²) < 4.78 is 84.9. The molecule has 1 N–H and O–H groups in total. The monoisotopic (exact) mass is 474 g/mol. The number of amidine groups is 1. The van der Waals surface area contributed by atoms with Crippen LogP contribution in [0.15, 0.2) is 59.3 Å². The molecule has 0 fully saturated rings. The number of amides is 1. The van der Waals surface area contributed by atoms with Crippen LogP contribution in [0.3, 0.4) is 0 Å². The minimum atomic E-state index is -4.70. The van der Waals surface area contributed by atoms with E-state index in [0.717, 1.165) is 32.2 Å². The summed E-state index contributed by atoms with van der Waals surface area (Å²) >= 11 is 0. The quantitative estimate of drug-likeness (QED) is 0.469. The second-order valence-corrected chi connectivity index (χ2v) is 7.83. The van der Waals surface area contributed by atoms with E-state index in [9.17, 15) is 31.1 Å². The summed E-state index contributed by atoms with van der Waals surface area (Å²) in [7, 11) is 0. The number of pyridine rings is 1. The second kappa shape index (κ2) is 9.28. The average Bonchev–Trinajstić information content (AvgIpc) is 2.72. The molecular weight excluding hydrogens is 454 g/mol. The summed E-state index contributed by atoms with van der Waals surface area (Å²) in [6.45, 7) is 1.65. The van der Waals surface area contributed by atoms with Gasteiger partial charge in [0.1, 0.15) is 17.4 Å². The Balaban J connectivity index is 1.94. The van der Waals surface area contributed by atoms with Crippen LogP contribution in [0.4, 0.5) is 32.2 Å². The van der Waals surface area contributed by atoms with E-state index < -0.39 is 36.0 Å². The van der Waals surface area contributed by atoms with Gasteiger partial charge in [-0.3, -0.25) is 4.79 Å². The summed E-state index contributed by atoms with van der Waals surface area (Å²) in [5.41, 5.74) is -2.89. The van der Waals surface area contributed by atoms with Gasteiger partial charge >= 0.3 is 6.18 Å². The van der Waals surface area contributed by atoms with Crippen molar-refractivity contribution < 1.29 is 35.9 Å². The Morgan fingerprint density at radius 3 is 2.58 bits per heavy atom. The number of carbonyl (C=O) groups is 1. The lowest BCUT2D eigenvalue weighted by Gasteiger charge is -2.36. The molecule has 0 saturated carbocycles. The number of aromatic nitrogens is 1. The summed E-state index contributed by atoms with van der Waals surface area (Å²) in [4.78, 5) is 14.8. The highest BCUT2D eigenvalue weighted by Crippen LogP contribution is 2.38. The van der Waals surface area contributed by atoms with E-state index in [1.54, 1.807) is 6.08 Å². The van der Waals surface area contributed by atoms with Crippen LogP contribution >= 0.6 is 0 Å². The average molecular weight is 474 g/mol. The number of nitrogens with one attached hydrogen (secondary N) is 1. The van der Waals surface area contributed by atoms with Crippen molar-refractivity contribution in [3.8, 4) is 0 Å². The number of hydrogen-bond donors (Lipinski definition) is 1. The van der Waals surface area contributed by atoms with Gasteiger partial charge in [0.05, 0.1) is 6.04 Å². The van der Waals surface area contributed by atoms with E-state index in [4.69, 9.17) is 4.74 Å². The molecule has 0 bridgehead atoms. The first-order chi connectivity index (χ1) is 15.4. The van der Waals surface area contributed by atoms with Gasteiger partial charge in [0, 0.05) is 30.2 Å². The minimum absolute atomic E-state index is 0.103. The largest absolute Gasteiger partial charge is 0.479 e. The smallest absolute Gasteiger partial charge is 0.427 e. The van der Waals surface area contributed by atoms with Crippen LogP contribution in [0.1, 0.15) is 32.3 Å². The first-order valence-electron chi connectivity index (χ1n) is 9.75. The molecule has 1 aliphatic carbocycles. The molecule has 2 heterocycles. The topological polar surface area (TPSA) is 66.8 Å². The molecule has 12 heteroatoms. The molecular formula is C21H20F6N4O2. The molecule has 0 spiro atoms. The summed E-state index contributed by atoms with van der Waals surface area (Å²) in [6.07, 6.45) is -1.06. The number of anilines is 1. The summed E-state index contributed by atoms with van der Waals surface area (Å²) in [6, 6.07) is 1.65. The van der Waals surface area contributed by atoms with E-state index in [2.05, 4.69) is 15.4 Å². The molecule has 1 aromatic rings. The maximum atomic E-state index is 14.4. The highest BCUT2D eigenvalue weighted by atomic mass is 19.4. The Kier molecular flexibility index (Phi) is 6.84. The zero-order valence-electron chi connectivity index (χ0n) is 17.5. The van der Waals surface area contributed by atoms with Crippen molar-refractivity contribution in [2.24, 2.45) is 11.0 Å². The van der Waals surface area contributed by atoms with E-state index in [1.165, 1.54) is 23.2 Å². The lowest BCUT2D eigenvalue weighted by Crippen LogP contribution is -2.43. The third kappa shape index (κ3) is 5.55. The van der Waals surface area contributed by atoms with Gasteiger partial charge in [-0.25, -0.2) is 23.2 Å². The number of halogens is 6. The van der Waals surface area contributed by atoms with Gasteiger partial charge in [-0.15, -0.1) is 0 Å². The van der Waals surface area contributed by atoms with Crippen molar-refractivity contribution in [1.82, 2.24) is 10.3 Å². The van der Waals surface area contributed by atoms with E-state index in [1.807, 2.05) is 0 Å². The molecule has 6 nitrogen and oxygen atoms in total. The fraction of sp³-hybridized carbons (Fsp3) is 0.381. The second-order valence-electron chi connectivity index (χ2n) is 7.83. The number of hydrazone groups is 1. The van der Waals surface area contributed by atoms with Gasteiger partial charge in [0.2, 0.25) is 6.41 Å². The molecule has 0 saturated heterocycles. The SMILES string of the molecule is CC(C)(OC1=CC(C2C=CC(NC=O)=NN2c2ccc(C(F)F)cn2)CC(F)=C1)C(F)(F)F. The number of nitrogens with zero attached hydrogens (tertiary/aromatic N) is 3. The fourth-order valence-electron chi connectivity index (χ4n) is 3.21. The van der Waals surface area contributed by atoms with Gasteiger partial charge < -0.3 is 10.1 Å². The molecule has 2 aliphatic rings. The number of ether oxygens (including phenoxy) is 1. The first-order valence-corrected chi connectivity index (χ1v) is 9.75. The van der Waals surface area contributed by atoms with Gasteiger partial charge in [-0.05, 0) is 38.1 Å². The van der Waals surface area contributed by atoms with E-state index in [-0.39, 0.29) is 29.4 Å². The highest BCUT2D eigenvalue weighted by Gasteiger charge is 2.50. The summed E-state index contributed by atoms with van der Waals surface area (Å²) in [5, 5.41) is 7.83. The Labute approximate surface area is 185 Å². The molecule has 3 rings (SSSR count). The van der Waals surface area contributed by atoms with Crippen LogP contribution in [-0.2, 0) is 9.53 Å². The standard InChI is InChI=1S/C21H20F6N4O2/c1-20(2,21(25,26)27)33-15-8-13(7-14(22)9-15)16-4-5-17(29-11-32)30-31(16)18-6-3-12(10-28-18)19(23)24/h3-6,8-11,13,16,19H,7H2,1-2H3,(H,29,30,32). The molecule has 33 heavy (non-hydrogen) atoms. The predicted molar refractivity (Wildman–Crippen MR) is 108 cm³/mol. The van der Waals surface area contributed by atoms with E-state index in [0.29, 0.717) is 6.41 Å². The minimum Gasteiger partial charge on any atom is -0.479 e. The Hall–Kier alpha value is -3.31. The van der Waals surface area contributed by atoms with Crippen LogP contribution in [0.5, 0.6) is 0 Å². The number of rotatable bonds is 6. The van der Waals surface area contributed by atoms with Crippen molar-refractivity contribution in [1.29, 1.82) is 0 Å². The molecule has 0 aromatic carbocycles. The van der Waals surface area contributed by atoms with Crippen LogP contribution < -0.4 is 10.3 Å². The third-order valence-electron chi connectivity index (χ3n) is 5.02. The van der Waals surface area contributed by atoms with Crippen molar-refractivity contribution in [3.63, 3.8) is 0 Å². The molecule has 178 valence electrons.